The van der Waals surface area contributed by atoms with Gasteiger partial charge in [0.05, 0.1) is 0 Å². The van der Waals surface area contributed by atoms with Crippen molar-refractivity contribution in [3.05, 3.63) is 0 Å². The third kappa shape index (κ3) is 2.49. The Kier molecular flexibility index (Phi) is 3.50. The fraction of sp³-hybridized carbons (Fsp3) is 0.867. The van der Waals surface area contributed by atoms with Crippen molar-refractivity contribution in [1.82, 2.24) is 10.2 Å². The predicted molar refractivity (Wildman–Crippen MR) is 72.4 cm³/mol. The van der Waals surface area contributed by atoms with Crippen LogP contribution in [0.1, 0.15) is 51.9 Å². The van der Waals surface area contributed by atoms with E-state index in [2.05, 4.69) is 5.32 Å². The van der Waals surface area contributed by atoms with Crippen molar-refractivity contribution in [2.24, 2.45) is 11.8 Å². The molecule has 1 saturated heterocycles. The summed E-state index contributed by atoms with van der Waals surface area (Å²) in [5.74, 6) is 1.29. The van der Waals surface area contributed by atoms with Gasteiger partial charge in [-0.1, -0.05) is 19.8 Å². The van der Waals surface area contributed by atoms with E-state index in [0.717, 1.165) is 19.4 Å². The lowest BCUT2D eigenvalue weighted by Gasteiger charge is -2.40. The lowest BCUT2D eigenvalue weighted by molar-refractivity contribution is -0.151. The van der Waals surface area contributed by atoms with Crippen LogP contribution >= 0.6 is 0 Å². The number of hydrogen-bond donors (Lipinski definition) is 1. The van der Waals surface area contributed by atoms with E-state index < -0.39 is 0 Å². The van der Waals surface area contributed by atoms with Crippen molar-refractivity contribution in [3.63, 3.8) is 0 Å². The van der Waals surface area contributed by atoms with Crippen LogP contribution in [0.4, 0.5) is 0 Å². The van der Waals surface area contributed by atoms with Crippen LogP contribution < -0.4 is 5.32 Å². The molecule has 0 bridgehead atoms. The number of rotatable bonds is 4. The molecular formula is C15H24N2O2. The first kappa shape index (κ1) is 12.9. The molecule has 0 radical (unpaired) electrons. The molecule has 0 aromatic rings. The minimum Gasteiger partial charge on any atom is -0.343 e. The largest absolute Gasteiger partial charge is 0.343 e. The minimum atomic E-state index is -0.288. The summed E-state index contributed by atoms with van der Waals surface area (Å²) in [6.45, 7) is 2.78. The van der Waals surface area contributed by atoms with Crippen molar-refractivity contribution < 1.29 is 9.59 Å². The van der Waals surface area contributed by atoms with Crippen LogP contribution in [0.2, 0.25) is 0 Å². The average molecular weight is 264 g/mol. The number of nitrogens with one attached hydrogen (secondary N) is 1. The number of amides is 2. The van der Waals surface area contributed by atoms with Gasteiger partial charge >= 0.3 is 0 Å². The molecular weight excluding hydrogens is 240 g/mol. The molecule has 0 aromatic carbocycles. The van der Waals surface area contributed by atoms with Crippen LogP contribution in [0.15, 0.2) is 0 Å². The zero-order valence-corrected chi connectivity index (χ0v) is 11.7. The van der Waals surface area contributed by atoms with E-state index in [1.54, 1.807) is 0 Å². The normalized spacial score (nSPS) is 32.8. The van der Waals surface area contributed by atoms with Crippen molar-refractivity contribution in [1.29, 1.82) is 0 Å². The maximum Gasteiger partial charge on any atom is 0.245 e. The van der Waals surface area contributed by atoms with Gasteiger partial charge in [-0.05, 0) is 43.9 Å². The Labute approximate surface area is 114 Å². The second-order valence-electron chi connectivity index (χ2n) is 6.39. The summed E-state index contributed by atoms with van der Waals surface area (Å²) in [7, 11) is 0. The second-order valence-corrected chi connectivity index (χ2v) is 6.39. The maximum absolute atomic E-state index is 12.5. The lowest BCUT2D eigenvalue weighted by atomic mass is 9.98. The van der Waals surface area contributed by atoms with Crippen molar-refractivity contribution in [2.45, 2.75) is 64.0 Å². The van der Waals surface area contributed by atoms with E-state index in [-0.39, 0.29) is 23.9 Å². The zero-order valence-electron chi connectivity index (χ0n) is 11.7. The lowest BCUT2D eigenvalue weighted by Crippen LogP contribution is -2.64. The molecule has 2 amide bonds. The Bertz CT molecular complexity index is 372. The molecule has 19 heavy (non-hydrogen) atoms. The number of piperazine rings is 1. The zero-order chi connectivity index (χ0) is 13.4. The molecule has 2 saturated carbocycles. The smallest absolute Gasteiger partial charge is 0.245 e. The summed E-state index contributed by atoms with van der Waals surface area (Å²) in [4.78, 5) is 26.7. The van der Waals surface area contributed by atoms with Gasteiger partial charge in [0.25, 0.3) is 0 Å². The maximum atomic E-state index is 12.5. The van der Waals surface area contributed by atoms with Gasteiger partial charge in [0.2, 0.25) is 11.8 Å². The Hall–Kier alpha value is -1.06. The Morgan fingerprint density at radius 1 is 1.16 bits per heavy atom. The highest BCUT2D eigenvalue weighted by atomic mass is 16.2. The second kappa shape index (κ2) is 5.14. The van der Waals surface area contributed by atoms with Gasteiger partial charge in [0, 0.05) is 6.54 Å². The van der Waals surface area contributed by atoms with Crippen LogP contribution in [0, 0.1) is 11.8 Å². The highest BCUT2D eigenvalue weighted by Crippen LogP contribution is 2.38. The summed E-state index contributed by atoms with van der Waals surface area (Å²) >= 11 is 0. The van der Waals surface area contributed by atoms with Crippen molar-refractivity contribution >= 4 is 11.8 Å². The summed E-state index contributed by atoms with van der Waals surface area (Å²) in [5.41, 5.74) is 0. The summed E-state index contributed by atoms with van der Waals surface area (Å²) in [6, 6.07) is -0.459. The third-order valence-electron chi connectivity index (χ3n) is 4.91. The van der Waals surface area contributed by atoms with Gasteiger partial charge in [-0.25, -0.2) is 0 Å². The topological polar surface area (TPSA) is 49.4 Å². The van der Waals surface area contributed by atoms with Gasteiger partial charge < -0.3 is 10.2 Å². The molecule has 4 nitrogen and oxygen atoms in total. The van der Waals surface area contributed by atoms with Crippen LogP contribution in [0.25, 0.3) is 0 Å². The highest BCUT2D eigenvalue weighted by Gasteiger charge is 2.47. The predicted octanol–water partition coefficient (Wildman–Crippen LogP) is 1.69. The van der Waals surface area contributed by atoms with E-state index >= 15 is 0 Å². The first-order valence-electron chi connectivity index (χ1n) is 7.81. The SMILES string of the molecule is CCC1NC(=O)C(C2CC2)N(CC2CCCC2)C1=O. The van der Waals surface area contributed by atoms with E-state index in [0.29, 0.717) is 18.3 Å². The van der Waals surface area contributed by atoms with Gasteiger partial charge in [0.1, 0.15) is 12.1 Å². The number of hydrogen-bond acceptors (Lipinski definition) is 2. The monoisotopic (exact) mass is 264 g/mol. The van der Waals surface area contributed by atoms with Gasteiger partial charge in [-0.3, -0.25) is 9.59 Å². The minimum absolute atomic E-state index is 0.0898. The van der Waals surface area contributed by atoms with E-state index in [4.69, 9.17) is 0 Å². The fourth-order valence-corrected chi connectivity index (χ4v) is 3.63. The van der Waals surface area contributed by atoms with Crippen LogP contribution in [-0.4, -0.2) is 35.3 Å². The number of carbonyl (C=O) groups is 2. The number of nitrogens with zero attached hydrogens (tertiary/aromatic N) is 1. The summed E-state index contributed by atoms with van der Waals surface area (Å²) in [5, 5.41) is 2.91. The quantitative estimate of drug-likeness (QED) is 0.840. The van der Waals surface area contributed by atoms with E-state index in [1.165, 1.54) is 25.7 Å². The van der Waals surface area contributed by atoms with Gasteiger partial charge in [0.15, 0.2) is 0 Å². The molecule has 3 aliphatic rings. The molecule has 1 heterocycles. The number of carbonyl (C=O) groups excluding carboxylic acids is 2. The highest BCUT2D eigenvalue weighted by molar-refractivity contribution is 5.97. The molecule has 0 aromatic heterocycles. The van der Waals surface area contributed by atoms with Crippen molar-refractivity contribution in [3.8, 4) is 0 Å². The molecule has 1 aliphatic heterocycles. The molecule has 2 atom stereocenters. The summed E-state index contributed by atoms with van der Waals surface area (Å²) < 4.78 is 0. The first-order valence-corrected chi connectivity index (χ1v) is 7.81. The Balaban J connectivity index is 1.76. The third-order valence-corrected chi connectivity index (χ3v) is 4.91. The standard InChI is InChI=1S/C15H24N2O2/c1-2-12-15(19)17(9-10-5-3-4-6-10)13(11-7-8-11)14(18)16-12/h10-13H,2-9H2,1H3,(H,16,18). The van der Waals surface area contributed by atoms with Crippen molar-refractivity contribution in [2.75, 3.05) is 6.54 Å². The summed E-state index contributed by atoms with van der Waals surface area (Å²) in [6.07, 6.45) is 7.91. The molecule has 2 aliphatic carbocycles. The molecule has 3 rings (SSSR count). The van der Waals surface area contributed by atoms with Crippen LogP contribution in [0.5, 0.6) is 0 Å². The van der Waals surface area contributed by atoms with Gasteiger partial charge in [-0.2, -0.15) is 0 Å². The van der Waals surface area contributed by atoms with E-state index in [1.807, 2.05) is 11.8 Å². The molecule has 106 valence electrons. The van der Waals surface area contributed by atoms with E-state index in [9.17, 15) is 9.59 Å². The molecule has 2 unspecified atom stereocenters. The molecule has 3 fully saturated rings. The average Bonchev–Trinajstić information content (AvgIpc) is 3.10. The Morgan fingerprint density at radius 2 is 1.84 bits per heavy atom. The van der Waals surface area contributed by atoms with Crippen LogP contribution in [-0.2, 0) is 9.59 Å². The Morgan fingerprint density at radius 3 is 2.42 bits per heavy atom. The molecule has 0 spiro atoms. The molecule has 1 N–H and O–H groups in total. The van der Waals surface area contributed by atoms with Gasteiger partial charge in [-0.15, -0.1) is 0 Å². The molecule has 4 heteroatoms. The van der Waals surface area contributed by atoms with Crippen LogP contribution in [0.3, 0.4) is 0 Å². The first-order chi connectivity index (χ1) is 9.20. The fourth-order valence-electron chi connectivity index (χ4n) is 3.63.